The third-order valence-electron chi connectivity index (χ3n) is 3.22. The van der Waals surface area contributed by atoms with E-state index in [-0.39, 0.29) is 11.3 Å². The number of aryl methyl sites for hydroxylation is 2. The lowest BCUT2D eigenvalue weighted by molar-refractivity contribution is 0.0910. The molecule has 1 heterocycles. The molecule has 17 heavy (non-hydrogen) atoms. The fraction of sp³-hybridized carbons (Fsp3) is 0.615. The van der Waals surface area contributed by atoms with Crippen molar-refractivity contribution in [2.24, 2.45) is 0 Å². The van der Waals surface area contributed by atoms with Crippen LogP contribution in [0.2, 0.25) is 0 Å². The molecule has 1 N–H and O–H groups in total. The van der Waals surface area contributed by atoms with Crippen LogP contribution in [0.4, 0.5) is 0 Å². The average molecular weight is 258 g/mol. The lowest BCUT2D eigenvalue weighted by Gasteiger charge is -2.29. The first kappa shape index (κ1) is 14.1. The molecular formula is C13H20ClNO2. The van der Waals surface area contributed by atoms with Crippen molar-refractivity contribution in [3.63, 3.8) is 0 Å². The van der Waals surface area contributed by atoms with Gasteiger partial charge in [-0.2, -0.15) is 0 Å². The predicted molar refractivity (Wildman–Crippen MR) is 69.8 cm³/mol. The number of carbonyl (C=O) groups excluding carboxylic acids is 1. The number of carbonyl (C=O) groups is 1. The lowest BCUT2D eigenvalue weighted by Crippen LogP contribution is -2.49. The van der Waals surface area contributed by atoms with Gasteiger partial charge in [0.25, 0.3) is 5.91 Å². The van der Waals surface area contributed by atoms with Gasteiger partial charge in [-0.25, -0.2) is 0 Å². The minimum absolute atomic E-state index is 0.130. The normalized spacial score (nSPS) is 13.6. The lowest BCUT2D eigenvalue weighted by atomic mass is 10.00. The van der Waals surface area contributed by atoms with E-state index >= 15 is 0 Å². The monoisotopic (exact) mass is 257 g/mol. The summed E-state index contributed by atoms with van der Waals surface area (Å²) >= 11 is 6.05. The van der Waals surface area contributed by atoms with Crippen molar-refractivity contribution in [3.05, 3.63) is 22.6 Å². The Labute approximate surface area is 108 Å². The summed E-state index contributed by atoms with van der Waals surface area (Å²) in [4.78, 5) is 12.2. The van der Waals surface area contributed by atoms with Gasteiger partial charge in [0.15, 0.2) is 0 Å². The van der Waals surface area contributed by atoms with Crippen LogP contribution in [0.1, 0.15) is 48.2 Å². The first-order chi connectivity index (χ1) is 7.66. The fourth-order valence-electron chi connectivity index (χ4n) is 1.58. The van der Waals surface area contributed by atoms with Gasteiger partial charge in [0.05, 0.1) is 16.5 Å². The van der Waals surface area contributed by atoms with Crippen LogP contribution >= 0.6 is 11.6 Å². The summed E-state index contributed by atoms with van der Waals surface area (Å²) in [7, 11) is 0. The van der Waals surface area contributed by atoms with E-state index in [9.17, 15) is 4.79 Å². The Hall–Kier alpha value is -0.960. The van der Waals surface area contributed by atoms with Crippen molar-refractivity contribution in [1.29, 1.82) is 0 Å². The molecule has 3 nitrogen and oxygen atoms in total. The van der Waals surface area contributed by atoms with Crippen molar-refractivity contribution in [3.8, 4) is 0 Å². The van der Waals surface area contributed by atoms with E-state index in [1.165, 1.54) is 0 Å². The minimum atomic E-state index is -0.456. The molecule has 0 bridgehead atoms. The zero-order valence-corrected chi connectivity index (χ0v) is 12.0. The maximum atomic E-state index is 12.2. The number of furan rings is 1. The molecule has 0 radical (unpaired) electrons. The summed E-state index contributed by atoms with van der Waals surface area (Å²) in [6.07, 6.45) is 0. The summed E-state index contributed by atoms with van der Waals surface area (Å²) in [6, 6.07) is 0. The molecule has 1 aromatic rings. The van der Waals surface area contributed by atoms with Gasteiger partial charge in [0.2, 0.25) is 0 Å². The molecule has 0 aliphatic carbocycles. The molecule has 0 saturated heterocycles. The van der Waals surface area contributed by atoms with Gasteiger partial charge >= 0.3 is 0 Å². The van der Waals surface area contributed by atoms with Crippen molar-refractivity contribution >= 4 is 17.5 Å². The van der Waals surface area contributed by atoms with Gasteiger partial charge in [0, 0.05) is 5.56 Å². The average Bonchev–Trinajstić information content (AvgIpc) is 2.39. The zero-order chi connectivity index (χ0) is 13.4. The molecule has 1 aromatic heterocycles. The highest BCUT2D eigenvalue weighted by Crippen LogP contribution is 2.22. The maximum Gasteiger partial charge on any atom is 0.255 e. The summed E-state index contributed by atoms with van der Waals surface area (Å²) in [5.74, 6) is 1.30. The van der Waals surface area contributed by atoms with E-state index in [2.05, 4.69) is 5.32 Å². The Morgan fingerprint density at radius 2 is 1.82 bits per heavy atom. The highest BCUT2D eigenvalue weighted by molar-refractivity contribution is 6.21. The molecule has 4 heteroatoms. The number of halogens is 1. The largest absolute Gasteiger partial charge is 0.466 e. The highest BCUT2D eigenvalue weighted by Gasteiger charge is 2.29. The third-order valence-corrected chi connectivity index (χ3v) is 3.76. The number of alkyl halides is 1. The SMILES string of the molecule is Cc1oc(C)c(C(=O)NC(C)(C)C(C)Cl)c1C. The van der Waals surface area contributed by atoms with Gasteiger partial charge < -0.3 is 9.73 Å². The van der Waals surface area contributed by atoms with Gasteiger partial charge in [-0.15, -0.1) is 11.6 Å². The molecule has 0 fully saturated rings. The van der Waals surface area contributed by atoms with Crippen LogP contribution < -0.4 is 5.32 Å². The van der Waals surface area contributed by atoms with Crippen LogP contribution in [-0.4, -0.2) is 16.8 Å². The van der Waals surface area contributed by atoms with Crippen LogP contribution in [0.3, 0.4) is 0 Å². The summed E-state index contributed by atoms with van der Waals surface area (Å²) in [5.41, 5.74) is 1.05. The van der Waals surface area contributed by atoms with Gasteiger partial charge in [-0.3, -0.25) is 4.79 Å². The van der Waals surface area contributed by atoms with Crippen LogP contribution in [0.5, 0.6) is 0 Å². The van der Waals surface area contributed by atoms with Crippen LogP contribution in [0, 0.1) is 20.8 Å². The Morgan fingerprint density at radius 1 is 1.29 bits per heavy atom. The van der Waals surface area contributed by atoms with Crippen molar-refractivity contribution in [2.45, 2.75) is 52.5 Å². The number of nitrogens with one attached hydrogen (secondary N) is 1. The molecule has 1 amide bonds. The van der Waals surface area contributed by atoms with E-state index in [1.54, 1.807) is 6.92 Å². The first-order valence-electron chi connectivity index (χ1n) is 5.70. The van der Waals surface area contributed by atoms with E-state index in [0.29, 0.717) is 11.3 Å². The molecule has 0 aromatic carbocycles. The van der Waals surface area contributed by atoms with Gasteiger partial charge in [-0.1, -0.05) is 0 Å². The molecular weight excluding hydrogens is 238 g/mol. The molecule has 0 saturated carbocycles. The molecule has 1 unspecified atom stereocenters. The minimum Gasteiger partial charge on any atom is -0.466 e. The summed E-state index contributed by atoms with van der Waals surface area (Å²) in [5, 5.41) is 2.78. The number of hydrogen-bond donors (Lipinski definition) is 1. The predicted octanol–water partition coefficient (Wildman–Crippen LogP) is 3.34. The molecule has 0 spiro atoms. The Balaban J connectivity index is 2.99. The first-order valence-corrected chi connectivity index (χ1v) is 6.13. The Morgan fingerprint density at radius 3 is 2.18 bits per heavy atom. The number of amides is 1. The second-order valence-electron chi connectivity index (χ2n) is 5.01. The van der Waals surface area contributed by atoms with E-state index in [1.807, 2.05) is 34.6 Å². The van der Waals surface area contributed by atoms with Crippen LogP contribution in [0.25, 0.3) is 0 Å². The van der Waals surface area contributed by atoms with Crippen molar-refractivity contribution in [1.82, 2.24) is 5.32 Å². The van der Waals surface area contributed by atoms with Crippen molar-refractivity contribution in [2.75, 3.05) is 0 Å². The van der Waals surface area contributed by atoms with E-state index < -0.39 is 5.54 Å². The van der Waals surface area contributed by atoms with Crippen LogP contribution in [0.15, 0.2) is 4.42 Å². The smallest absolute Gasteiger partial charge is 0.255 e. The van der Waals surface area contributed by atoms with Gasteiger partial charge in [0.1, 0.15) is 11.5 Å². The number of hydrogen-bond acceptors (Lipinski definition) is 2. The number of rotatable bonds is 3. The topological polar surface area (TPSA) is 42.2 Å². The molecule has 1 atom stereocenters. The fourth-order valence-corrected chi connectivity index (χ4v) is 1.64. The summed E-state index contributed by atoms with van der Waals surface area (Å²) in [6.45, 7) is 11.2. The van der Waals surface area contributed by atoms with Crippen LogP contribution in [-0.2, 0) is 0 Å². The zero-order valence-electron chi connectivity index (χ0n) is 11.3. The molecule has 1 rings (SSSR count). The second-order valence-corrected chi connectivity index (χ2v) is 5.66. The second kappa shape index (κ2) is 4.73. The Kier molecular flexibility index (Phi) is 3.92. The molecule has 0 aliphatic rings. The highest BCUT2D eigenvalue weighted by atomic mass is 35.5. The van der Waals surface area contributed by atoms with Crippen molar-refractivity contribution < 1.29 is 9.21 Å². The third kappa shape index (κ3) is 2.83. The summed E-state index contributed by atoms with van der Waals surface area (Å²) < 4.78 is 5.45. The quantitative estimate of drug-likeness (QED) is 0.844. The standard InChI is InChI=1S/C13H20ClNO2/c1-7-8(2)17-9(3)11(7)12(16)15-13(5,6)10(4)14/h10H,1-6H3,(H,15,16). The Bertz CT molecular complexity index is 433. The maximum absolute atomic E-state index is 12.2. The van der Waals surface area contributed by atoms with E-state index in [0.717, 1.165) is 11.3 Å². The molecule has 0 aliphatic heterocycles. The van der Waals surface area contributed by atoms with E-state index in [4.69, 9.17) is 16.0 Å². The van der Waals surface area contributed by atoms with Gasteiger partial charge in [-0.05, 0) is 41.5 Å². The molecule has 96 valence electrons.